The molecule has 0 saturated carbocycles. The van der Waals surface area contributed by atoms with Crippen molar-refractivity contribution in [3.63, 3.8) is 0 Å². The summed E-state index contributed by atoms with van der Waals surface area (Å²) in [7, 11) is 3.12. The van der Waals surface area contributed by atoms with Crippen LogP contribution < -0.4 is 5.32 Å². The molecule has 1 aromatic heterocycles. The lowest BCUT2D eigenvalue weighted by Gasteiger charge is -2.21. The van der Waals surface area contributed by atoms with Crippen molar-refractivity contribution in [1.29, 1.82) is 0 Å². The van der Waals surface area contributed by atoms with E-state index in [0.717, 1.165) is 6.42 Å². The van der Waals surface area contributed by atoms with Crippen LogP contribution in [0.1, 0.15) is 20.3 Å². The third-order valence-electron chi connectivity index (χ3n) is 2.99. The molecule has 0 saturated heterocycles. The number of hydrogen-bond donors (Lipinski definition) is 1. The number of amides is 1. The van der Waals surface area contributed by atoms with Gasteiger partial charge in [0.15, 0.2) is 5.16 Å². The Hall–Kier alpha value is -1.57. The summed E-state index contributed by atoms with van der Waals surface area (Å²) >= 11 is 1.27. The van der Waals surface area contributed by atoms with E-state index in [1.165, 1.54) is 18.9 Å². The molecule has 0 spiro atoms. The van der Waals surface area contributed by atoms with Crippen LogP contribution in [0.25, 0.3) is 0 Å². The van der Waals surface area contributed by atoms with Crippen molar-refractivity contribution < 1.29 is 14.3 Å². The minimum absolute atomic E-state index is 0.0197. The molecule has 0 unspecified atom stereocenters. The summed E-state index contributed by atoms with van der Waals surface area (Å²) in [6, 6.07) is -0.613. The lowest BCUT2D eigenvalue weighted by molar-refractivity contribution is -0.146. The van der Waals surface area contributed by atoms with Crippen molar-refractivity contribution in [3.05, 3.63) is 6.33 Å². The van der Waals surface area contributed by atoms with E-state index in [0.29, 0.717) is 5.16 Å². The van der Waals surface area contributed by atoms with Crippen LogP contribution in [-0.4, -0.2) is 45.5 Å². The maximum Gasteiger partial charge on any atom is 0.328 e. The molecule has 0 fully saturated rings. The number of esters is 1. The number of aromatic nitrogens is 3. The Morgan fingerprint density at radius 2 is 2.25 bits per heavy atom. The van der Waals surface area contributed by atoms with Gasteiger partial charge in [0.05, 0.1) is 12.9 Å². The zero-order valence-electron chi connectivity index (χ0n) is 12.1. The first-order valence-corrected chi connectivity index (χ1v) is 7.32. The van der Waals surface area contributed by atoms with Crippen LogP contribution in [0.3, 0.4) is 0 Å². The minimum Gasteiger partial charge on any atom is -0.467 e. The van der Waals surface area contributed by atoms with Gasteiger partial charge in [0.25, 0.3) is 0 Å². The zero-order valence-corrected chi connectivity index (χ0v) is 12.9. The van der Waals surface area contributed by atoms with Crippen LogP contribution in [-0.2, 0) is 21.4 Å². The summed E-state index contributed by atoms with van der Waals surface area (Å²) in [5, 5.41) is 11.0. The number of rotatable bonds is 7. The predicted octanol–water partition coefficient (Wildman–Crippen LogP) is 0.611. The molecule has 7 nitrogen and oxygen atoms in total. The van der Waals surface area contributed by atoms with E-state index < -0.39 is 12.0 Å². The first-order chi connectivity index (χ1) is 9.49. The average molecular weight is 300 g/mol. The van der Waals surface area contributed by atoms with E-state index in [2.05, 4.69) is 15.5 Å². The van der Waals surface area contributed by atoms with Gasteiger partial charge >= 0.3 is 5.97 Å². The second kappa shape index (κ2) is 7.88. The largest absolute Gasteiger partial charge is 0.467 e. The third kappa shape index (κ3) is 4.52. The fourth-order valence-corrected chi connectivity index (χ4v) is 2.24. The Morgan fingerprint density at radius 1 is 1.55 bits per heavy atom. The topological polar surface area (TPSA) is 86.1 Å². The summed E-state index contributed by atoms with van der Waals surface area (Å²) in [4.78, 5) is 23.6. The first-order valence-electron chi connectivity index (χ1n) is 6.33. The van der Waals surface area contributed by atoms with Gasteiger partial charge in [-0.1, -0.05) is 32.0 Å². The molecule has 1 aromatic rings. The van der Waals surface area contributed by atoms with Gasteiger partial charge in [-0.05, 0) is 5.92 Å². The number of aryl methyl sites for hydroxylation is 1. The molecule has 1 heterocycles. The lowest BCUT2D eigenvalue weighted by Crippen LogP contribution is -2.46. The summed E-state index contributed by atoms with van der Waals surface area (Å²) < 4.78 is 6.45. The fourth-order valence-electron chi connectivity index (χ4n) is 1.54. The Balaban J connectivity index is 2.54. The number of methoxy groups -OCH3 is 1. The van der Waals surface area contributed by atoms with Crippen molar-refractivity contribution in [2.24, 2.45) is 13.0 Å². The SMILES string of the molecule is CC[C@H](C)[C@H](NC(=O)CSc1nncn1C)C(=O)OC. The van der Waals surface area contributed by atoms with Gasteiger partial charge in [-0.2, -0.15) is 0 Å². The van der Waals surface area contributed by atoms with E-state index in [1.807, 2.05) is 13.8 Å². The van der Waals surface area contributed by atoms with Crippen molar-refractivity contribution >= 4 is 23.6 Å². The van der Waals surface area contributed by atoms with Crippen molar-refractivity contribution in [2.45, 2.75) is 31.5 Å². The third-order valence-corrected chi connectivity index (χ3v) is 4.02. The molecule has 0 bridgehead atoms. The second-order valence-electron chi connectivity index (χ2n) is 4.47. The standard InChI is InChI=1S/C12H20N4O3S/c1-5-8(2)10(11(18)19-4)14-9(17)6-20-12-15-13-7-16(12)3/h7-8,10H,5-6H2,1-4H3,(H,14,17)/t8-,10-/m0/s1. The Kier molecular flexibility index (Phi) is 6.50. The quantitative estimate of drug-likeness (QED) is 0.586. The molecular formula is C12H20N4O3S. The number of carbonyl (C=O) groups is 2. The van der Waals surface area contributed by atoms with E-state index in [4.69, 9.17) is 4.74 Å². The maximum atomic E-state index is 11.9. The number of thioether (sulfide) groups is 1. The van der Waals surface area contributed by atoms with Crippen molar-refractivity contribution in [3.8, 4) is 0 Å². The monoisotopic (exact) mass is 300 g/mol. The fraction of sp³-hybridized carbons (Fsp3) is 0.667. The van der Waals surface area contributed by atoms with Crippen LogP contribution in [0.2, 0.25) is 0 Å². The molecule has 1 amide bonds. The van der Waals surface area contributed by atoms with Gasteiger partial charge in [0.2, 0.25) is 5.91 Å². The molecule has 1 N–H and O–H groups in total. The molecule has 8 heteroatoms. The number of nitrogens with one attached hydrogen (secondary N) is 1. The van der Waals surface area contributed by atoms with Gasteiger partial charge in [-0.25, -0.2) is 4.79 Å². The molecule has 0 aliphatic carbocycles. The van der Waals surface area contributed by atoms with Crippen LogP contribution in [0.4, 0.5) is 0 Å². The average Bonchev–Trinajstić information content (AvgIpc) is 2.86. The van der Waals surface area contributed by atoms with Crippen LogP contribution in [0.15, 0.2) is 11.5 Å². The molecule has 0 aliphatic rings. The molecule has 2 atom stereocenters. The number of ether oxygens (including phenoxy) is 1. The van der Waals surface area contributed by atoms with Gasteiger partial charge in [-0.15, -0.1) is 10.2 Å². The normalized spacial score (nSPS) is 13.6. The maximum absolute atomic E-state index is 11.9. The Bertz CT molecular complexity index is 463. The summed E-state index contributed by atoms with van der Waals surface area (Å²) in [6.45, 7) is 3.86. The second-order valence-corrected chi connectivity index (χ2v) is 5.41. The Labute approximate surface area is 122 Å². The number of hydrogen-bond acceptors (Lipinski definition) is 6. The highest BCUT2D eigenvalue weighted by Crippen LogP contribution is 2.14. The van der Waals surface area contributed by atoms with Gasteiger partial charge in [0.1, 0.15) is 12.4 Å². The van der Waals surface area contributed by atoms with Crippen LogP contribution >= 0.6 is 11.8 Å². The van der Waals surface area contributed by atoms with Gasteiger partial charge < -0.3 is 14.6 Å². The molecule has 112 valence electrons. The Morgan fingerprint density at radius 3 is 2.75 bits per heavy atom. The molecule has 0 radical (unpaired) electrons. The first kappa shape index (κ1) is 16.5. The smallest absolute Gasteiger partial charge is 0.328 e. The highest BCUT2D eigenvalue weighted by Gasteiger charge is 2.26. The highest BCUT2D eigenvalue weighted by molar-refractivity contribution is 7.99. The van der Waals surface area contributed by atoms with Gasteiger partial charge in [0, 0.05) is 7.05 Å². The molecule has 0 aromatic carbocycles. The van der Waals surface area contributed by atoms with Gasteiger partial charge in [-0.3, -0.25) is 4.79 Å². The molecule has 0 aliphatic heterocycles. The highest BCUT2D eigenvalue weighted by atomic mass is 32.2. The summed E-state index contributed by atoms with van der Waals surface area (Å²) in [5.74, 6) is -0.451. The number of carbonyl (C=O) groups excluding carboxylic acids is 2. The lowest BCUT2D eigenvalue weighted by atomic mass is 9.99. The zero-order chi connectivity index (χ0) is 15.1. The van der Waals surface area contributed by atoms with E-state index in [1.54, 1.807) is 17.9 Å². The van der Waals surface area contributed by atoms with E-state index >= 15 is 0 Å². The van der Waals surface area contributed by atoms with Crippen LogP contribution in [0.5, 0.6) is 0 Å². The number of nitrogens with zero attached hydrogens (tertiary/aromatic N) is 3. The summed E-state index contributed by atoms with van der Waals surface area (Å²) in [6.07, 6.45) is 2.34. The molecule has 20 heavy (non-hydrogen) atoms. The van der Waals surface area contributed by atoms with E-state index in [-0.39, 0.29) is 17.6 Å². The van der Waals surface area contributed by atoms with Crippen LogP contribution in [0, 0.1) is 5.92 Å². The summed E-state index contributed by atoms with van der Waals surface area (Å²) in [5.41, 5.74) is 0. The predicted molar refractivity (Wildman–Crippen MR) is 75.1 cm³/mol. The van der Waals surface area contributed by atoms with Crippen molar-refractivity contribution in [2.75, 3.05) is 12.9 Å². The van der Waals surface area contributed by atoms with Crippen molar-refractivity contribution in [1.82, 2.24) is 20.1 Å². The van der Waals surface area contributed by atoms with E-state index in [9.17, 15) is 9.59 Å². The molecular weight excluding hydrogens is 280 g/mol. The molecule has 1 rings (SSSR count). The minimum atomic E-state index is -0.613.